The minimum absolute atomic E-state index is 0.535. The maximum atomic E-state index is 12.3. The van der Waals surface area contributed by atoms with Crippen LogP contribution in [0.5, 0.6) is 5.75 Å². The van der Waals surface area contributed by atoms with Crippen LogP contribution >= 0.6 is 0 Å². The molecule has 0 saturated carbocycles. The normalized spacial score (nSPS) is 12.6. The SMILES string of the molecule is CCC(=C(c1ccccc1)c1ccc(OCCCCC[S+]([O-])Cc2ccccn2)cc1)c1ccccc1. The summed E-state index contributed by atoms with van der Waals surface area (Å²) in [4.78, 5) is 4.26. The van der Waals surface area contributed by atoms with Crippen LogP contribution in [0.2, 0.25) is 0 Å². The Morgan fingerprint density at radius 2 is 1.38 bits per heavy atom. The van der Waals surface area contributed by atoms with E-state index >= 15 is 0 Å². The lowest BCUT2D eigenvalue weighted by atomic mass is 9.88. The van der Waals surface area contributed by atoms with Crippen molar-refractivity contribution >= 4 is 22.3 Å². The van der Waals surface area contributed by atoms with Crippen LogP contribution in [0.1, 0.15) is 55.0 Å². The first-order valence-corrected chi connectivity index (χ1v) is 14.6. The zero-order valence-corrected chi connectivity index (χ0v) is 22.3. The van der Waals surface area contributed by atoms with Crippen LogP contribution in [0, 0.1) is 0 Å². The predicted molar refractivity (Wildman–Crippen MR) is 156 cm³/mol. The molecule has 4 aromatic rings. The van der Waals surface area contributed by atoms with Crippen LogP contribution in [0.25, 0.3) is 11.1 Å². The van der Waals surface area contributed by atoms with Gasteiger partial charge in [-0.05, 0) is 89.0 Å². The smallest absolute Gasteiger partial charge is 0.147 e. The average Bonchev–Trinajstić information content (AvgIpc) is 2.95. The highest BCUT2D eigenvalue weighted by molar-refractivity contribution is 7.90. The summed E-state index contributed by atoms with van der Waals surface area (Å²) in [6.45, 7) is 2.88. The lowest BCUT2D eigenvalue weighted by molar-refractivity contribution is 0.306. The number of ether oxygens (including phenoxy) is 1. The van der Waals surface area contributed by atoms with Crippen LogP contribution in [0.4, 0.5) is 0 Å². The monoisotopic (exact) mass is 509 g/mol. The van der Waals surface area contributed by atoms with Gasteiger partial charge in [0.05, 0.1) is 12.3 Å². The van der Waals surface area contributed by atoms with Gasteiger partial charge in [0.2, 0.25) is 0 Å². The number of allylic oxidation sites excluding steroid dienone is 1. The number of rotatable bonds is 13. The second kappa shape index (κ2) is 14.4. The van der Waals surface area contributed by atoms with Crippen molar-refractivity contribution in [2.45, 2.75) is 38.4 Å². The van der Waals surface area contributed by atoms with E-state index in [-0.39, 0.29) is 0 Å². The third kappa shape index (κ3) is 8.08. The number of hydrogen-bond donors (Lipinski definition) is 0. The van der Waals surface area contributed by atoms with Crippen LogP contribution < -0.4 is 4.74 Å². The minimum Gasteiger partial charge on any atom is -0.616 e. The van der Waals surface area contributed by atoms with Gasteiger partial charge in [-0.25, -0.2) is 0 Å². The van der Waals surface area contributed by atoms with E-state index in [9.17, 15) is 4.55 Å². The summed E-state index contributed by atoms with van der Waals surface area (Å²) in [5.74, 6) is 2.13. The predicted octanol–water partition coefficient (Wildman–Crippen LogP) is 7.95. The summed E-state index contributed by atoms with van der Waals surface area (Å²) in [5, 5.41) is 0. The molecule has 4 rings (SSSR count). The Morgan fingerprint density at radius 1 is 0.730 bits per heavy atom. The second-order valence-corrected chi connectivity index (χ2v) is 10.6. The molecule has 0 bridgehead atoms. The summed E-state index contributed by atoms with van der Waals surface area (Å²) in [6, 6.07) is 35.5. The molecule has 190 valence electrons. The van der Waals surface area contributed by atoms with Crippen molar-refractivity contribution in [2.24, 2.45) is 0 Å². The van der Waals surface area contributed by atoms with Crippen molar-refractivity contribution in [3.63, 3.8) is 0 Å². The molecule has 3 nitrogen and oxygen atoms in total. The zero-order chi connectivity index (χ0) is 25.7. The number of pyridine rings is 1. The summed E-state index contributed by atoms with van der Waals surface area (Å²) >= 11 is -0.862. The minimum atomic E-state index is -0.862. The van der Waals surface area contributed by atoms with Crippen LogP contribution in [0.15, 0.2) is 109 Å². The van der Waals surface area contributed by atoms with Crippen molar-refractivity contribution in [3.8, 4) is 5.75 Å². The van der Waals surface area contributed by atoms with Gasteiger partial charge in [-0.3, -0.25) is 4.98 Å². The molecule has 0 saturated heterocycles. The quantitative estimate of drug-likeness (QED) is 0.104. The Kier molecular flexibility index (Phi) is 10.4. The summed E-state index contributed by atoms with van der Waals surface area (Å²) < 4.78 is 18.3. The van der Waals surface area contributed by atoms with Crippen molar-refractivity contribution in [1.29, 1.82) is 0 Å². The Bertz CT molecular complexity index is 1230. The van der Waals surface area contributed by atoms with Crippen LogP contribution in [0.3, 0.4) is 0 Å². The molecule has 0 fully saturated rings. The van der Waals surface area contributed by atoms with E-state index < -0.39 is 11.2 Å². The molecule has 1 atom stereocenters. The number of aromatic nitrogens is 1. The van der Waals surface area contributed by atoms with E-state index in [2.05, 4.69) is 96.8 Å². The van der Waals surface area contributed by atoms with Crippen molar-refractivity contribution in [2.75, 3.05) is 12.4 Å². The maximum absolute atomic E-state index is 12.3. The highest BCUT2D eigenvalue weighted by Crippen LogP contribution is 2.34. The number of benzene rings is 3. The van der Waals surface area contributed by atoms with Gasteiger partial charge in [-0.15, -0.1) is 0 Å². The van der Waals surface area contributed by atoms with Gasteiger partial charge in [-0.2, -0.15) is 0 Å². The summed E-state index contributed by atoms with van der Waals surface area (Å²) in [6.07, 6.45) is 5.59. The fourth-order valence-corrected chi connectivity index (χ4v) is 5.63. The molecule has 37 heavy (non-hydrogen) atoms. The van der Waals surface area contributed by atoms with E-state index in [0.717, 1.165) is 37.1 Å². The molecule has 0 aliphatic rings. The molecule has 3 aromatic carbocycles. The largest absolute Gasteiger partial charge is 0.616 e. The molecule has 0 N–H and O–H groups in total. The standard InChI is InChI=1S/C33H35NO2S/c1-2-32(27-14-6-3-7-15-27)33(28-16-8-4-9-17-28)29-19-21-31(22-20-29)36-24-12-5-13-25-37(35)26-30-18-10-11-23-34-30/h3-4,6-11,14-23H,2,5,12-13,24-26H2,1H3. The van der Waals surface area contributed by atoms with Crippen molar-refractivity contribution in [3.05, 3.63) is 132 Å². The zero-order valence-electron chi connectivity index (χ0n) is 21.5. The van der Waals surface area contributed by atoms with E-state index in [4.69, 9.17) is 4.74 Å². The van der Waals surface area contributed by atoms with Gasteiger partial charge in [0.1, 0.15) is 17.3 Å². The number of unbranched alkanes of at least 4 members (excludes halogenated alkanes) is 2. The molecule has 0 aliphatic heterocycles. The Morgan fingerprint density at radius 3 is 2.03 bits per heavy atom. The molecule has 0 aliphatic carbocycles. The molecule has 0 radical (unpaired) electrons. The van der Waals surface area contributed by atoms with Gasteiger partial charge in [-0.1, -0.05) is 85.8 Å². The van der Waals surface area contributed by atoms with Crippen LogP contribution in [-0.2, 0) is 16.9 Å². The Labute approximate surface area is 224 Å². The van der Waals surface area contributed by atoms with E-state index in [1.54, 1.807) is 6.20 Å². The molecule has 0 spiro atoms. The highest BCUT2D eigenvalue weighted by Gasteiger charge is 2.13. The molecule has 0 amide bonds. The number of nitrogens with zero attached hydrogens (tertiary/aromatic N) is 1. The van der Waals surface area contributed by atoms with E-state index in [1.807, 2.05) is 18.2 Å². The molecule has 4 heteroatoms. The molecular formula is C33H35NO2S. The van der Waals surface area contributed by atoms with Crippen molar-refractivity contribution < 1.29 is 9.29 Å². The van der Waals surface area contributed by atoms with Gasteiger partial charge >= 0.3 is 0 Å². The first kappa shape index (κ1) is 26.7. The topological polar surface area (TPSA) is 45.2 Å². The second-order valence-electron chi connectivity index (χ2n) is 8.98. The summed E-state index contributed by atoms with van der Waals surface area (Å²) in [5.41, 5.74) is 7.16. The molecule has 1 unspecified atom stereocenters. The summed E-state index contributed by atoms with van der Waals surface area (Å²) in [7, 11) is 0. The van der Waals surface area contributed by atoms with E-state index in [1.165, 1.54) is 27.8 Å². The first-order valence-electron chi connectivity index (χ1n) is 13.1. The third-order valence-corrected chi connectivity index (χ3v) is 7.66. The number of hydrogen-bond acceptors (Lipinski definition) is 3. The molecule has 1 aromatic heterocycles. The average molecular weight is 510 g/mol. The van der Waals surface area contributed by atoms with Gasteiger partial charge in [0.25, 0.3) is 0 Å². The highest BCUT2D eigenvalue weighted by atomic mass is 32.2. The molecular weight excluding hydrogens is 474 g/mol. The fraction of sp³-hybridized carbons (Fsp3) is 0.242. The van der Waals surface area contributed by atoms with Gasteiger partial charge in [0, 0.05) is 6.20 Å². The Balaban J connectivity index is 1.33. The lowest BCUT2D eigenvalue weighted by Gasteiger charge is -2.17. The third-order valence-electron chi connectivity index (χ3n) is 6.30. The maximum Gasteiger partial charge on any atom is 0.147 e. The first-order chi connectivity index (χ1) is 18.2. The Hall–Kier alpha value is -3.34. The molecule has 1 heterocycles. The lowest BCUT2D eigenvalue weighted by Crippen LogP contribution is -2.10. The fourth-order valence-electron chi connectivity index (χ4n) is 4.45. The van der Waals surface area contributed by atoms with Gasteiger partial charge in [0.15, 0.2) is 0 Å². The van der Waals surface area contributed by atoms with Crippen molar-refractivity contribution in [1.82, 2.24) is 4.98 Å². The van der Waals surface area contributed by atoms with Crippen LogP contribution in [-0.4, -0.2) is 21.9 Å². The van der Waals surface area contributed by atoms with E-state index in [0.29, 0.717) is 18.1 Å². The van der Waals surface area contributed by atoms with Gasteiger partial charge < -0.3 is 9.29 Å².